The number of hydrogen-bond donors (Lipinski definition) is 0. The van der Waals surface area contributed by atoms with E-state index in [-0.39, 0.29) is 36.8 Å². The van der Waals surface area contributed by atoms with Crippen LogP contribution < -0.4 is 9.64 Å². The number of ether oxygens (including phenoxy) is 3. The Labute approximate surface area is 212 Å². The van der Waals surface area contributed by atoms with Crippen LogP contribution in [0.4, 0.5) is 10.5 Å². The highest BCUT2D eigenvalue weighted by molar-refractivity contribution is 5.93. The second kappa shape index (κ2) is 9.84. The second-order valence-corrected chi connectivity index (χ2v) is 10.3. The van der Waals surface area contributed by atoms with Crippen molar-refractivity contribution < 1.29 is 28.6 Å². The highest BCUT2D eigenvalue weighted by Gasteiger charge is 2.54. The summed E-state index contributed by atoms with van der Waals surface area (Å²) in [6.07, 6.45) is -0.375. The van der Waals surface area contributed by atoms with Gasteiger partial charge in [0, 0.05) is 12.3 Å². The van der Waals surface area contributed by atoms with Gasteiger partial charge in [-0.2, -0.15) is 0 Å². The summed E-state index contributed by atoms with van der Waals surface area (Å²) in [5.41, 5.74) is 1.75. The molecule has 1 fully saturated rings. The van der Waals surface area contributed by atoms with Crippen molar-refractivity contribution in [2.75, 3.05) is 19.1 Å². The number of benzene rings is 2. The molecule has 2 heterocycles. The zero-order valence-corrected chi connectivity index (χ0v) is 21.7. The average Bonchev–Trinajstić information content (AvgIpc) is 3.19. The van der Waals surface area contributed by atoms with E-state index in [1.165, 1.54) is 7.11 Å². The third-order valence-electron chi connectivity index (χ3n) is 6.95. The standard InChI is InChI=1S/C28H34N2O6/c1-17(18-11-13-19(34-5)14-12-18)29-24(31)15-21-23(16-25(32)35-6)30(27(33)36-28(2,3)4)22-10-8-7-9-20(22)26(21)29/h7-14,17,21,23,26H,15-16H2,1-6H3/t17-,21+,23+,26-/m1/s1. The normalized spacial score (nSPS) is 21.9. The van der Waals surface area contributed by atoms with Crippen molar-refractivity contribution in [1.29, 1.82) is 0 Å². The van der Waals surface area contributed by atoms with Crippen molar-refractivity contribution in [3.05, 3.63) is 59.7 Å². The van der Waals surface area contributed by atoms with Gasteiger partial charge in [0.15, 0.2) is 0 Å². The third kappa shape index (κ3) is 4.76. The molecule has 0 radical (unpaired) electrons. The van der Waals surface area contributed by atoms with Gasteiger partial charge in [-0.1, -0.05) is 30.3 Å². The van der Waals surface area contributed by atoms with Gasteiger partial charge in [0.05, 0.1) is 44.5 Å². The van der Waals surface area contributed by atoms with E-state index in [2.05, 4.69) is 0 Å². The second-order valence-electron chi connectivity index (χ2n) is 10.3. The van der Waals surface area contributed by atoms with Gasteiger partial charge in [0.1, 0.15) is 11.4 Å². The number of nitrogens with zero attached hydrogens (tertiary/aromatic N) is 2. The molecule has 0 N–H and O–H groups in total. The Balaban J connectivity index is 1.80. The maximum Gasteiger partial charge on any atom is 0.415 e. The molecule has 0 unspecified atom stereocenters. The first-order chi connectivity index (χ1) is 17.1. The van der Waals surface area contributed by atoms with Crippen LogP contribution >= 0.6 is 0 Å². The summed E-state index contributed by atoms with van der Waals surface area (Å²) >= 11 is 0. The molecular formula is C28H34N2O6. The minimum absolute atomic E-state index is 0.0241. The zero-order chi connectivity index (χ0) is 26.2. The lowest BCUT2D eigenvalue weighted by molar-refractivity contribution is -0.141. The molecule has 2 aromatic rings. The van der Waals surface area contributed by atoms with Gasteiger partial charge in [0.25, 0.3) is 0 Å². The van der Waals surface area contributed by atoms with Gasteiger partial charge >= 0.3 is 12.1 Å². The summed E-state index contributed by atoms with van der Waals surface area (Å²) in [4.78, 5) is 43.0. The highest BCUT2D eigenvalue weighted by atomic mass is 16.6. The fraction of sp³-hybridized carbons (Fsp3) is 0.464. The number of carbonyl (C=O) groups excluding carboxylic acids is 3. The summed E-state index contributed by atoms with van der Waals surface area (Å²) in [5.74, 6) is -0.0322. The molecule has 0 aromatic heterocycles. The molecule has 0 bridgehead atoms. The Hall–Kier alpha value is -3.55. The van der Waals surface area contributed by atoms with E-state index >= 15 is 0 Å². The summed E-state index contributed by atoms with van der Waals surface area (Å²) in [7, 11) is 2.94. The van der Waals surface area contributed by atoms with Crippen molar-refractivity contribution in [3.8, 4) is 5.75 Å². The molecular weight excluding hydrogens is 460 g/mol. The van der Waals surface area contributed by atoms with Crippen LogP contribution in [0.2, 0.25) is 0 Å². The molecule has 0 spiro atoms. The molecule has 2 aliphatic heterocycles. The van der Waals surface area contributed by atoms with Crippen LogP contribution in [-0.4, -0.2) is 48.7 Å². The van der Waals surface area contributed by atoms with Crippen molar-refractivity contribution in [2.45, 2.75) is 64.3 Å². The van der Waals surface area contributed by atoms with Gasteiger partial charge < -0.3 is 19.1 Å². The van der Waals surface area contributed by atoms with E-state index in [4.69, 9.17) is 14.2 Å². The van der Waals surface area contributed by atoms with Gasteiger partial charge in [-0.15, -0.1) is 0 Å². The topological polar surface area (TPSA) is 85.4 Å². The van der Waals surface area contributed by atoms with E-state index in [1.807, 2.05) is 60.4 Å². The average molecular weight is 495 g/mol. The molecule has 0 aliphatic carbocycles. The number of rotatable bonds is 5. The minimum atomic E-state index is -0.723. The lowest BCUT2D eigenvalue weighted by atomic mass is 9.80. The SMILES string of the molecule is COC(=O)C[C@H]1[C@@H]2CC(=O)N([C@H](C)c3ccc(OC)cc3)[C@@H]2c2ccccc2N1C(=O)OC(C)(C)C. The van der Waals surface area contributed by atoms with Crippen molar-refractivity contribution in [3.63, 3.8) is 0 Å². The number of hydrogen-bond acceptors (Lipinski definition) is 6. The van der Waals surface area contributed by atoms with Crippen LogP contribution in [0.3, 0.4) is 0 Å². The molecule has 4 atom stereocenters. The number of carbonyl (C=O) groups is 3. The lowest BCUT2D eigenvalue weighted by Gasteiger charge is -2.46. The molecule has 36 heavy (non-hydrogen) atoms. The Morgan fingerprint density at radius 2 is 1.72 bits per heavy atom. The van der Waals surface area contributed by atoms with E-state index in [0.29, 0.717) is 5.69 Å². The highest BCUT2D eigenvalue weighted by Crippen LogP contribution is 2.53. The summed E-state index contributed by atoms with van der Waals surface area (Å²) in [6, 6.07) is 14.1. The fourth-order valence-electron chi connectivity index (χ4n) is 5.38. The summed E-state index contributed by atoms with van der Waals surface area (Å²) in [6.45, 7) is 7.41. The first kappa shape index (κ1) is 25.5. The van der Waals surface area contributed by atoms with Crippen LogP contribution in [-0.2, 0) is 19.1 Å². The molecule has 2 amide bonds. The number of para-hydroxylation sites is 1. The molecule has 2 aromatic carbocycles. The van der Waals surface area contributed by atoms with E-state index < -0.39 is 23.7 Å². The Bertz CT molecular complexity index is 1140. The molecule has 1 saturated heterocycles. The molecule has 4 rings (SSSR count). The Morgan fingerprint density at radius 3 is 2.33 bits per heavy atom. The lowest BCUT2D eigenvalue weighted by Crippen LogP contribution is -2.52. The Morgan fingerprint density at radius 1 is 1.06 bits per heavy atom. The van der Waals surface area contributed by atoms with E-state index in [9.17, 15) is 14.4 Å². The predicted octanol–water partition coefficient (Wildman–Crippen LogP) is 5.03. The molecule has 0 saturated carbocycles. The van der Waals surface area contributed by atoms with Gasteiger partial charge in [-0.25, -0.2) is 4.79 Å². The number of anilines is 1. The smallest absolute Gasteiger partial charge is 0.415 e. The van der Waals surface area contributed by atoms with Crippen LogP contribution in [0.1, 0.15) is 63.7 Å². The van der Waals surface area contributed by atoms with Crippen LogP contribution in [0, 0.1) is 5.92 Å². The minimum Gasteiger partial charge on any atom is -0.497 e. The van der Waals surface area contributed by atoms with E-state index in [0.717, 1.165) is 16.9 Å². The number of amides is 2. The van der Waals surface area contributed by atoms with Gasteiger partial charge in [0.2, 0.25) is 5.91 Å². The van der Waals surface area contributed by atoms with Crippen molar-refractivity contribution >= 4 is 23.7 Å². The zero-order valence-electron chi connectivity index (χ0n) is 21.7. The maximum atomic E-state index is 13.5. The summed E-state index contributed by atoms with van der Waals surface area (Å²) in [5, 5.41) is 0. The largest absolute Gasteiger partial charge is 0.497 e. The third-order valence-corrected chi connectivity index (χ3v) is 6.95. The number of likely N-dealkylation sites (tertiary alicyclic amines) is 1. The van der Waals surface area contributed by atoms with Crippen molar-refractivity contribution in [2.24, 2.45) is 5.92 Å². The number of methoxy groups -OCH3 is 2. The fourth-order valence-corrected chi connectivity index (χ4v) is 5.38. The van der Waals surface area contributed by atoms with Gasteiger partial charge in [-0.05, 0) is 57.0 Å². The monoisotopic (exact) mass is 494 g/mol. The number of fused-ring (bicyclic) bond motifs is 3. The number of esters is 1. The molecule has 8 heteroatoms. The Kier molecular flexibility index (Phi) is 6.98. The maximum absolute atomic E-state index is 13.5. The molecule has 192 valence electrons. The predicted molar refractivity (Wildman–Crippen MR) is 135 cm³/mol. The first-order valence-electron chi connectivity index (χ1n) is 12.2. The van der Waals surface area contributed by atoms with Gasteiger partial charge in [-0.3, -0.25) is 14.5 Å². The van der Waals surface area contributed by atoms with Crippen LogP contribution in [0.15, 0.2) is 48.5 Å². The quantitative estimate of drug-likeness (QED) is 0.542. The van der Waals surface area contributed by atoms with Crippen molar-refractivity contribution in [1.82, 2.24) is 4.90 Å². The van der Waals surface area contributed by atoms with E-state index in [1.54, 1.807) is 32.8 Å². The van der Waals surface area contributed by atoms with Crippen LogP contribution in [0.5, 0.6) is 5.75 Å². The summed E-state index contributed by atoms with van der Waals surface area (Å²) < 4.78 is 16.0. The first-order valence-corrected chi connectivity index (χ1v) is 12.2. The molecule has 8 nitrogen and oxygen atoms in total. The molecule has 2 aliphatic rings. The van der Waals surface area contributed by atoms with Crippen LogP contribution in [0.25, 0.3) is 0 Å².